The molecule has 0 atom stereocenters. The standard InChI is InChI=1S/C12H22FN3O3/c1-14-11(17)10-15-5-3-6-16(8-7-15)12(18)19-9-2-4-13/h2-10H2,1H3,(H,14,17). The van der Waals surface area contributed by atoms with Crippen molar-refractivity contribution in [2.24, 2.45) is 0 Å². The first-order valence-corrected chi connectivity index (χ1v) is 6.58. The fourth-order valence-electron chi connectivity index (χ4n) is 1.90. The Morgan fingerprint density at radius 1 is 1.26 bits per heavy atom. The Bertz CT molecular complexity index is 302. The van der Waals surface area contributed by atoms with Crippen LogP contribution in [-0.4, -0.2) is 74.9 Å². The van der Waals surface area contributed by atoms with Crippen LogP contribution in [0.5, 0.6) is 0 Å². The monoisotopic (exact) mass is 275 g/mol. The van der Waals surface area contributed by atoms with Gasteiger partial charge in [0.25, 0.3) is 0 Å². The molecule has 0 aromatic heterocycles. The molecule has 7 heteroatoms. The zero-order valence-corrected chi connectivity index (χ0v) is 11.4. The normalized spacial score (nSPS) is 16.8. The van der Waals surface area contributed by atoms with Crippen molar-refractivity contribution in [2.75, 3.05) is 53.1 Å². The van der Waals surface area contributed by atoms with E-state index in [0.717, 1.165) is 13.0 Å². The minimum absolute atomic E-state index is 0.0287. The van der Waals surface area contributed by atoms with Crippen molar-refractivity contribution in [3.63, 3.8) is 0 Å². The lowest BCUT2D eigenvalue weighted by molar-refractivity contribution is -0.121. The zero-order valence-electron chi connectivity index (χ0n) is 11.4. The molecule has 1 saturated heterocycles. The Morgan fingerprint density at radius 3 is 2.74 bits per heavy atom. The maximum absolute atomic E-state index is 11.9. The van der Waals surface area contributed by atoms with Gasteiger partial charge in [0, 0.05) is 39.6 Å². The lowest BCUT2D eigenvalue weighted by Crippen LogP contribution is -2.39. The van der Waals surface area contributed by atoms with Crippen LogP contribution in [0.4, 0.5) is 9.18 Å². The number of alkyl halides is 1. The molecule has 6 nitrogen and oxygen atoms in total. The summed E-state index contributed by atoms with van der Waals surface area (Å²) in [7, 11) is 1.61. The van der Waals surface area contributed by atoms with E-state index >= 15 is 0 Å². The van der Waals surface area contributed by atoms with Crippen molar-refractivity contribution < 1.29 is 18.7 Å². The average molecular weight is 275 g/mol. The van der Waals surface area contributed by atoms with E-state index in [1.807, 2.05) is 4.90 Å². The largest absolute Gasteiger partial charge is 0.449 e. The average Bonchev–Trinajstić information content (AvgIpc) is 2.64. The van der Waals surface area contributed by atoms with E-state index < -0.39 is 12.8 Å². The van der Waals surface area contributed by atoms with Gasteiger partial charge in [-0.3, -0.25) is 14.1 Å². The van der Waals surface area contributed by atoms with E-state index in [1.54, 1.807) is 11.9 Å². The minimum Gasteiger partial charge on any atom is -0.449 e. The third kappa shape index (κ3) is 5.87. The number of nitrogens with one attached hydrogen (secondary N) is 1. The summed E-state index contributed by atoms with van der Waals surface area (Å²) in [6, 6.07) is 0. The molecule has 1 aliphatic heterocycles. The van der Waals surface area contributed by atoms with Crippen molar-refractivity contribution >= 4 is 12.0 Å². The first-order valence-electron chi connectivity index (χ1n) is 6.58. The molecule has 0 aliphatic carbocycles. The number of carbonyl (C=O) groups excluding carboxylic acids is 2. The highest BCUT2D eigenvalue weighted by atomic mass is 19.1. The molecule has 2 amide bonds. The quantitative estimate of drug-likeness (QED) is 0.730. The highest BCUT2D eigenvalue weighted by Crippen LogP contribution is 2.05. The van der Waals surface area contributed by atoms with E-state index in [4.69, 9.17) is 4.74 Å². The lowest BCUT2D eigenvalue weighted by atomic mass is 10.4. The van der Waals surface area contributed by atoms with Crippen LogP contribution < -0.4 is 5.32 Å². The second kappa shape index (κ2) is 8.68. The molecule has 1 aliphatic rings. The molecule has 0 radical (unpaired) electrons. The summed E-state index contributed by atoms with van der Waals surface area (Å²) < 4.78 is 16.9. The Balaban J connectivity index is 2.32. The first-order chi connectivity index (χ1) is 9.17. The molecule has 0 unspecified atom stereocenters. The van der Waals surface area contributed by atoms with Gasteiger partial charge in [-0.2, -0.15) is 0 Å². The highest BCUT2D eigenvalue weighted by Gasteiger charge is 2.20. The fraction of sp³-hybridized carbons (Fsp3) is 0.833. The topological polar surface area (TPSA) is 61.9 Å². The SMILES string of the molecule is CNC(=O)CN1CCCN(C(=O)OCCCF)CC1. The van der Waals surface area contributed by atoms with Gasteiger partial charge in [-0.15, -0.1) is 0 Å². The van der Waals surface area contributed by atoms with Gasteiger partial charge in [0.2, 0.25) is 5.91 Å². The van der Waals surface area contributed by atoms with Crippen LogP contribution in [0.3, 0.4) is 0 Å². The molecule has 1 fully saturated rings. The number of amides is 2. The Kier molecular flexibility index (Phi) is 7.17. The molecule has 0 aromatic carbocycles. The maximum Gasteiger partial charge on any atom is 0.409 e. The summed E-state index contributed by atoms with van der Waals surface area (Å²) in [6.07, 6.45) is 0.646. The van der Waals surface area contributed by atoms with Crippen molar-refractivity contribution in [1.29, 1.82) is 0 Å². The third-order valence-electron chi connectivity index (χ3n) is 3.00. The maximum atomic E-state index is 11.9. The molecule has 0 spiro atoms. The van der Waals surface area contributed by atoms with Crippen LogP contribution in [0.15, 0.2) is 0 Å². The zero-order chi connectivity index (χ0) is 14.1. The molecule has 110 valence electrons. The number of nitrogens with zero attached hydrogens (tertiary/aromatic N) is 2. The van der Waals surface area contributed by atoms with Crippen LogP contribution in [0.1, 0.15) is 12.8 Å². The summed E-state index contributed by atoms with van der Waals surface area (Å²) in [4.78, 5) is 26.6. The predicted molar refractivity (Wildman–Crippen MR) is 68.6 cm³/mol. The second-order valence-electron chi connectivity index (χ2n) is 4.45. The van der Waals surface area contributed by atoms with Gasteiger partial charge in [-0.25, -0.2) is 4.79 Å². The Morgan fingerprint density at radius 2 is 2.05 bits per heavy atom. The van der Waals surface area contributed by atoms with Crippen LogP contribution in [-0.2, 0) is 9.53 Å². The van der Waals surface area contributed by atoms with Crippen molar-refractivity contribution in [3.8, 4) is 0 Å². The van der Waals surface area contributed by atoms with Gasteiger partial charge in [0.15, 0.2) is 0 Å². The van der Waals surface area contributed by atoms with E-state index in [-0.39, 0.29) is 18.9 Å². The summed E-state index contributed by atoms with van der Waals surface area (Å²) in [6.45, 7) is 2.56. The summed E-state index contributed by atoms with van der Waals surface area (Å²) >= 11 is 0. The number of hydrogen-bond acceptors (Lipinski definition) is 4. The summed E-state index contributed by atoms with van der Waals surface area (Å²) in [5, 5.41) is 2.58. The molecule has 0 bridgehead atoms. The molecular formula is C12H22FN3O3. The van der Waals surface area contributed by atoms with Crippen LogP contribution >= 0.6 is 0 Å². The molecular weight excluding hydrogens is 253 g/mol. The smallest absolute Gasteiger partial charge is 0.409 e. The van der Waals surface area contributed by atoms with Gasteiger partial charge in [-0.05, 0) is 6.42 Å². The van der Waals surface area contributed by atoms with Crippen molar-refractivity contribution in [2.45, 2.75) is 12.8 Å². The van der Waals surface area contributed by atoms with Gasteiger partial charge in [0.05, 0.1) is 19.8 Å². The van der Waals surface area contributed by atoms with Crippen molar-refractivity contribution in [3.05, 3.63) is 0 Å². The lowest BCUT2D eigenvalue weighted by Gasteiger charge is -2.21. The molecule has 19 heavy (non-hydrogen) atoms. The van der Waals surface area contributed by atoms with E-state index in [1.165, 1.54) is 0 Å². The minimum atomic E-state index is -0.479. The third-order valence-corrected chi connectivity index (χ3v) is 3.00. The van der Waals surface area contributed by atoms with Crippen LogP contribution in [0, 0.1) is 0 Å². The van der Waals surface area contributed by atoms with Crippen LogP contribution in [0.2, 0.25) is 0 Å². The van der Waals surface area contributed by atoms with Gasteiger partial charge < -0.3 is 15.0 Å². The number of hydrogen-bond donors (Lipinski definition) is 1. The van der Waals surface area contributed by atoms with Crippen molar-refractivity contribution in [1.82, 2.24) is 15.1 Å². The number of rotatable bonds is 5. The second-order valence-corrected chi connectivity index (χ2v) is 4.45. The number of halogens is 1. The number of ether oxygens (including phenoxy) is 1. The predicted octanol–water partition coefficient (Wildman–Crippen LogP) is 0.236. The van der Waals surface area contributed by atoms with E-state index in [0.29, 0.717) is 26.2 Å². The van der Waals surface area contributed by atoms with Crippen LogP contribution in [0.25, 0.3) is 0 Å². The van der Waals surface area contributed by atoms with Gasteiger partial charge >= 0.3 is 6.09 Å². The molecule has 0 saturated carbocycles. The Hall–Kier alpha value is -1.37. The fourth-order valence-corrected chi connectivity index (χ4v) is 1.90. The number of likely N-dealkylation sites (N-methyl/N-ethyl adjacent to an activating group) is 1. The summed E-state index contributed by atoms with van der Waals surface area (Å²) in [5.41, 5.74) is 0. The molecule has 0 aromatic rings. The number of carbonyl (C=O) groups is 2. The van der Waals surface area contributed by atoms with Gasteiger partial charge in [-0.1, -0.05) is 0 Å². The van der Waals surface area contributed by atoms with E-state index in [2.05, 4.69) is 5.32 Å². The molecule has 1 rings (SSSR count). The molecule has 1 N–H and O–H groups in total. The van der Waals surface area contributed by atoms with Gasteiger partial charge in [0.1, 0.15) is 0 Å². The first kappa shape index (κ1) is 15.7. The highest BCUT2D eigenvalue weighted by molar-refractivity contribution is 5.77. The summed E-state index contributed by atoms with van der Waals surface area (Å²) in [5.74, 6) is -0.0287. The molecule has 1 heterocycles. The van der Waals surface area contributed by atoms with E-state index in [9.17, 15) is 14.0 Å². The Labute approximate surface area is 112 Å².